The van der Waals surface area contributed by atoms with Crippen LogP contribution in [-0.4, -0.2) is 50.3 Å². The Labute approximate surface area is 182 Å². The number of carbonyl (C=O) groups excluding carboxylic acids is 1. The third-order valence-corrected chi connectivity index (χ3v) is 6.77. The Kier molecular flexibility index (Phi) is 5.06. The molecule has 2 saturated heterocycles. The molecule has 0 unspecified atom stereocenters. The van der Waals surface area contributed by atoms with Gasteiger partial charge < -0.3 is 19.1 Å². The standard InChI is InChI=1S/C26H27NO4/c1-29-23-10-9-18(17-24(23)30-2)19-5-3-7-21-20(19)6-4-8-22(21)25(28)27-14-11-26(12-15-27)13-16-31-26/h3-10,17H,11-16H2,1-2H3. The summed E-state index contributed by atoms with van der Waals surface area (Å²) < 4.78 is 16.7. The van der Waals surface area contributed by atoms with Gasteiger partial charge in [-0.1, -0.05) is 36.4 Å². The molecule has 1 amide bonds. The summed E-state index contributed by atoms with van der Waals surface area (Å²) in [4.78, 5) is 15.4. The van der Waals surface area contributed by atoms with E-state index in [1.807, 2.05) is 47.4 Å². The van der Waals surface area contributed by atoms with E-state index in [1.54, 1.807) is 14.2 Å². The number of methoxy groups -OCH3 is 2. The highest BCUT2D eigenvalue weighted by Gasteiger charge is 2.42. The summed E-state index contributed by atoms with van der Waals surface area (Å²) in [6, 6.07) is 18.0. The first kappa shape index (κ1) is 19.9. The smallest absolute Gasteiger partial charge is 0.254 e. The Balaban J connectivity index is 1.50. The van der Waals surface area contributed by atoms with Gasteiger partial charge in [0.05, 0.1) is 26.4 Å². The molecule has 0 N–H and O–H groups in total. The molecule has 31 heavy (non-hydrogen) atoms. The lowest BCUT2D eigenvalue weighted by Crippen LogP contribution is -2.53. The van der Waals surface area contributed by atoms with Crippen LogP contribution in [0.3, 0.4) is 0 Å². The average Bonchev–Trinajstić information content (AvgIpc) is 2.81. The van der Waals surface area contributed by atoms with Gasteiger partial charge in [-0.2, -0.15) is 0 Å². The van der Waals surface area contributed by atoms with Crippen molar-refractivity contribution in [2.75, 3.05) is 33.9 Å². The number of fused-ring (bicyclic) bond motifs is 1. The maximum atomic E-state index is 13.4. The maximum Gasteiger partial charge on any atom is 0.254 e. The Bertz CT molecular complexity index is 1130. The monoisotopic (exact) mass is 417 g/mol. The fourth-order valence-electron chi connectivity index (χ4n) is 4.82. The topological polar surface area (TPSA) is 48.0 Å². The fourth-order valence-corrected chi connectivity index (χ4v) is 4.82. The highest BCUT2D eigenvalue weighted by atomic mass is 16.5. The Morgan fingerprint density at radius 3 is 2.29 bits per heavy atom. The molecule has 5 rings (SSSR count). The van der Waals surface area contributed by atoms with Crippen molar-refractivity contribution in [3.63, 3.8) is 0 Å². The van der Waals surface area contributed by atoms with Gasteiger partial charge in [-0.25, -0.2) is 0 Å². The lowest BCUT2D eigenvalue weighted by molar-refractivity contribution is -0.169. The van der Waals surface area contributed by atoms with Crippen molar-refractivity contribution >= 4 is 16.7 Å². The zero-order chi connectivity index (χ0) is 21.4. The molecule has 2 fully saturated rings. The molecular weight excluding hydrogens is 390 g/mol. The van der Waals surface area contributed by atoms with Gasteiger partial charge in [0, 0.05) is 18.7 Å². The summed E-state index contributed by atoms with van der Waals surface area (Å²) in [5, 5.41) is 2.02. The molecule has 0 aromatic heterocycles. The van der Waals surface area contributed by atoms with Gasteiger partial charge in [0.25, 0.3) is 5.91 Å². The summed E-state index contributed by atoms with van der Waals surface area (Å²) in [5.74, 6) is 1.48. The first-order chi connectivity index (χ1) is 15.1. The van der Waals surface area contributed by atoms with Crippen LogP contribution in [0.5, 0.6) is 11.5 Å². The van der Waals surface area contributed by atoms with Crippen LogP contribution in [0.4, 0.5) is 0 Å². The minimum atomic E-state index is 0.0378. The summed E-state index contributed by atoms with van der Waals surface area (Å²) >= 11 is 0. The predicted octanol–water partition coefficient (Wildman–Crippen LogP) is 4.92. The van der Waals surface area contributed by atoms with Crippen LogP contribution in [0.25, 0.3) is 21.9 Å². The van der Waals surface area contributed by atoms with Crippen molar-refractivity contribution < 1.29 is 19.0 Å². The average molecular weight is 418 g/mol. The molecule has 0 atom stereocenters. The lowest BCUT2D eigenvalue weighted by Gasteiger charge is -2.47. The Morgan fingerprint density at radius 2 is 1.61 bits per heavy atom. The number of amides is 1. The van der Waals surface area contributed by atoms with Gasteiger partial charge in [0.1, 0.15) is 0 Å². The van der Waals surface area contributed by atoms with Gasteiger partial charge in [-0.05, 0) is 59.4 Å². The maximum absolute atomic E-state index is 13.4. The molecule has 0 bridgehead atoms. The van der Waals surface area contributed by atoms with Crippen LogP contribution >= 0.6 is 0 Å². The third-order valence-electron chi connectivity index (χ3n) is 6.77. The minimum Gasteiger partial charge on any atom is -0.493 e. The van der Waals surface area contributed by atoms with Gasteiger partial charge in [0.15, 0.2) is 11.5 Å². The normalized spacial score (nSPS) is 17.4. The van der Waals surface area contributed by atoms with Crippen molar-refractivity contribution in [3.8, 4) is 22.6 Å². The van der Waals surface area contributed by atoms with Crippen LogP contribution in [0.15, 0.2) is 54.6 Å². The van der Waals surface area contributed by atoms with E-state index in [1.165, 1.54) is 0 Å². The molecule has 0 aliphatic carbocycles. The quantitative estimate of drug-likeness (QED) is 0.605. The Morgan fingerprint density at radius 1 is 0.903 bits per heavy atom. The molecule has 1 spiro atoms. The summed E-state index contributed by atoms with van der Waals surface area (Å²) in [7, 11) is 3.27. The number of rotatable bonds is 4. The van der Waals surface area contributed by atoms with Crippen molar-refractivity contribution in [3.05, 3.63) is 60.2 Å². The number of piperidine rings is 1. The SMILES string of the molecule is COc1ccc(-c2cccc3c(C(=O)N4CCC5(CCO5)CC4)cccc23)cc1OC. The molecular formula is C26H27NO4. The predicted molar refractivity (Wildman–Crippen MR) is 121 cm³/mol. The molecule has 2 aliphatic heterocycles. The number of likely N-dealkylation sites (tertiary alicyclic amines) is 1. The van der Waals surface area contributed by atoms with Crippen LogP contribution in [-0.2, 0) is 4.74 Å². The van der Waals surface area contributed by atoms with Gasteiger partial charge >= 0.3 is 0 Å². The second-order valence-corrected chi connectivity index (χ2v) is 8.35. The molecule has 0 saturated carbocycles. The number of nitrogens with zero attached hydrogens (tertiary/aromatic N) is 1. The molecule has 5 nitrogen and oxygen atoms in total. The minimum absolute atomic E-state index is 0.0378. The number of benzene rings is 3. The van der Waals surface area contributed by atoms with Crippen LogP contribution in [0, 0.1) is 0 Å². The summed E-state index contributed by atoms with van der Waals surface area (Å²) in [6.45, 7) is 2.37. The zero-order valence-corrected chi connectivity index (χ0v) is 18.0. The van der Waals surface area contributed by atoms with E-state index in [-0.39, 0.29) is 11.5 Å². The second kappa shape index (κ2) is 7.89. The van der Waals surface area contributed by atoms with Crippen LogP contribution in [0.1, 0.15) is 29.6 Å². The van der Waals surface area contributed by atoms with Gasteiger partial charge in [0.2, 0.25) is 0 Å². The molecule has 3 aromatic carbocycles. The fraction of sp³-hybridized carbons (Fsp3) is 0.346. The second-order valence-electron chi connectivity index (χ2n) is 8.35. The van der Waals surface area contributed by atoms with Crippen molar-refractivity contribution in [2.45, 2.75) is 24.9 Å². The van der Waals surface area contributed by atoms with Gasteiger partial charge in [-0.3, -0.25) is 4.79 Å². The first-order valence-electron chi connectivity index (χ1n) is 10.8. The van der Waals surface area contributed by atoms with E-state index in [0.29, 0.717) is 11.5 Å². The Hall–Kier alpha value is -3.05. The molecule has 3 aromatic rings. The largest absolute Gasteiger partial charge is 0.493 e. The van der Waals surface area contributed by atoms with Crippen molar-refractivity contribution in [1.82, 2.24) is 4.90 Å². The molecule has 2 heterocycles. The first-order valence-corrected chi connectivity index (χ1v) is 10.8. The van der Waals surface area contributed by atoms with E-state index in [0.717, 1.165) is 66.4 Å². The number of ether oxygens (including phenoxy) is 3. The molecule has 160 valence electrons. The van der Waals surface area contributed by atoms with E-state index >= 15 is 0 Å². The van der Waals surface area contributed by atoms with E-state index < -0.39 is 0 Å². The highest BCUT2D eigenvalue weighted by Crippen LogP contribution is 2.38. The number of hydrogen-bond acceptors (Lipinski definition) is 4. The van der Waals surface area contributed by atoms with Crippen LogP contribution < -0.4 is 9.47 Å². The molecule has 5 heteroatoms. The summed E-state index contributed by atoms with van der Waals surface area (Å²) in [6.07, 6.45) is 2.98. The lowest BCUT2D eigenvalue weighted by atomic mass is 9.84. The highest BCUT2D eigenvalue weighted by molar-refractivity contribution is 6.10. The van der Waals surface area contributed by atoms with Crippen LogP contribution in [0.2, 0.25) is 0 Å². The third kappa shape index (κ3) is 3.43. The molecule has 0 radical (unpaired) electrons. The van der Waals surface area contributed by atoms with Crippen molar-refractivity contribution in [2.24, 2.45) is 0 Å². The van der Waals surface area contributed by atoms with E-state index in [4.69, 9.17) is 14.2 Å². The number of carbonyl (C=O) groups is 1. The summed E-state index contributed by atoms with van der Waals surface area (Å²) in [5.41, 5.74) is 2.88. The molecule has 2 aliphatic rings. The number of hydrogen-bond donors (Lipinski definition) is 0. The van der Waals surface area contributed by atoms with E-state index in [2.05, 4.69) is 12.1 Å². The van der Waals surface area contributed by atoms with E-state index in [9.17, 15) is 4.79 Å². The van der Waals surface area contributed by atoms with Crippen molar-refractivity contribution in [1.29, 1.82) is 0 Å². The zero-order valence-electron chi connectivity index (χ0n) is 18.0. The van der Waals surface area contributed by atoms with Gasteiger partial charge in [-0.15, -0.1) is 0 Å².